The van der Waals surface area contributed by atoms with Gasteiger partial charge in [0.05, 0.1) is 6.54 Å². The van der Waals surface area contributed by atoms with Gasteiger partial charge in [-0.1, -0.05) is 6.92 Å². The van der Waals surface area contributed by atoms with Gasteiger partial charge in [0.2, 0.25) is 11.8 Å². The van der Waals surface area contributed by atoms with Crippen LogP contribution < -0.4 is 5.32 Å². The molecule has 0 saturated carbocycles. The van der Waals surface area contributed by atoms with Gasteiger partial charge in [-0.2, -0.15) is 0 Å². The average molecular weight is 249 g/mol. The summed E-state index contributed by atoms with van der Waals surface area (Å²) in [5, 5.41) is 2.52. The number of nitrogens with one attached hydrogen (secondary N) is 1. The number of likely N-dealkylation sites (N-methyl/N-ethyl adjacent to an activating group) is 1. The largest absolute Gasteiger partial charge is 0.358 e. The minimum absolute atomic E-state index is 0.0376. The lowest BCUT2D eigenvalue weighted by Gasteiger charge is -2.21. The smallest absolute Gasteiger partial charge is 0.239 e. The van der Waals surface area contributed by atoms with Crippen LogP contribution in [0.5, 0.6) is 0 Å². The molecule has 0 aromatic heterocycles. The molecule has 4 nitrogen and oxygen atoms in total. The van der Waals surface area contributed by atoms with E-state index < -0.39 is 0 Å². The standard InChI is InChI=1S/C11H21ClN2O2/c1-3-8-14(9-10(15)13-2)11(16)6-4-5-7-12/h3-9H2,1-2H3,(H,13,15). The van der Waals surface area contributed by atoms with E-state index in [1.54, 1.807) is 11.9 Å². The van der Waals surface area contributed by atoms with Crippen molar-refractivity contribution in [2.24, 2.45) is 0 Å². The third-order valence-corrected chi connectivity index (χ3v) is 2.50. The maximum atomic E-state index is 11.8. The number of carbonyl (C=O) groups excluding carboxylic acids is 2. The molecule has 0 atom stereocenters. The van der Waals surface area contributed by atoms with Gasteiger partial charge in [0.25, 0.3) is 0 Å². The summed E-state index contributed by atoms with van der Waals surface area (Å²) in [6.07, 6.45) is 2.96. The van der Waals surface area contributed by atoms with Gasteiger partial charge in [0, 0.05) is 25.9 Å². The van der Waals surface area contributed by atoms with E-state index in [0.29, 0.717) is 18.8 Å². The summed E-state index contributed by atoms with van der Waals surface area (Å²) in [4.78, 5) is 24.6. The van der Waals surface area contributed by atoms with Gasteiger partial charge in [-0.3, -0.25) is 9.59 Å². The monoisotopic (exact) mass is 248 g/mol. The predicted octanol–water partition coefficient (Wildman–Crippen LogP) is 1.38. The molecule has 0 saturated heterocycles. The van der Waals surface area contributed by atoms with Crippen molar-refractivity contribution in [2.45, 2.75) is 32.6 Å². The molecule has 2 amide bonds. The first-order valence-corrected chi connectivity index (χ1v) is 6.23. The van der Waals surface area contributed by atoms with Crippen LogP contribution >= 0.6 is 11.6 Å². The molecule has 0 unspecified atom stereocenters. The van der Waals surface area contributed by atoms with E-state index in [1.807, 2.05) is 6.92 Å². The van der Waals surface area contributed by atoms with Crippen LogP contribution in [-0.2, 0) is 9.59 Å². The van der Waals surface area contributed by atoms with Crippen molar-refractivity contribution in [3.63, 3.8) is 0 Å². The summed E-state index contributed by atoms with van der Waals surface area (Å²) in [5.41, 5.74) is 0. The second-order valence-corrected chi connectivity index (χ2v) is 4.01. The minimum Gasteiger partial charge on any atom is -0.358 e. The van der Waals surface area contributed by atoms with Crippen LogP contribution in [0.1, 0.15) is 32.6 Å². The van der Waals surface area contributed by atoms with E-state index in [0.717, 1.165) is 19.3 Å². The first-order chi connectivity index (χ1) is 7.65. The highest BCUT2D eigenvalue weighted by molar-refractivity contribution is 6.17. The number of unbranched alkanes of at least 4 members (excludes halogenated alkanes) is 1. The summed E-state index contributed by atoms with van der Waals surface area (Å²) in [6, 6.07) is 0. The number of carbonyl (C=O) groups is 2. The topological polar surface area (TPSA) is 49.4 Å². The van der Waals surface area contributed by atoms with Gasteiger partial charge in [-0.15, -0.1) is 11.6 Å². The SMILES string of the molecule is CCCN(CC(=O)NC)C(=O)CCCCCl. The van der Waals surface area contributed by atoms with E-state index in [4.69, 9.17) is 11.6 Å². The van der Waals surface area contributed by atoms with E-state index in [1.165, 1.54) is 0 Å². The summed E-state index contributed by atoms with van der Waals surface area (Å²) < 4.78 is 0. The molecule has 0 rings (SSSR count). The summed E-state index contributed by atoms with van der Waals surface area (Å²) >= 11 is 5.54. The quantitative estimate of drug-likeness (QED) is 0.521. The third kappa shape index (κ3) is 6.67. The highest BCUT2D eigenvalue weighted by Crippen LogP contribution is 2.03. The predicted molar refractivity (Wildman–Crippen MR) is 65.5 cm³/mol. The fourth-order valence-corrected chi connectivity index (χ4v) is 1.53. The number of amides is 2. The molecule has 94 valence electrons. The Hall–Kier alpha value is -0.770. The van der Waals surface area contributed by atoms with E-state index in [9.17, 15) is 9.59 Å². The average Bonchev–Trinajstić information content (AvgIpc) is 2.28. The van der Waals surface area contributed by atoms with Crippen LogP contribution in [0, 0.1) is 0 Å². The lowest BCUT2D eigenvalue weighted by molar-refractivity contribution is -0.136. The zero-order valence-electron chi connectivity index (χ0n) is 10.1. The highest BCUT2D eigenvalue weighted by Gasteiger charge is 2.14. The Morgan fingerprint density at radius 2 is 2.00 bits per heavy atom. The lowest BCUT2D eigenvalue weighted by Crippen LogP contribution is -2.40. The molecule has 0 aromatic rings. The molecule has 0 radical (unpaired) electrons. The molecule has 0 aromatic carbocycles. The first-order valence-electron chi connectivity index (χ1n) is 5.70. The van der Waals surface area contributed by atoms with Crippen molar-refractivity contribution in [1.82, 2.24) is 10.2 Å². The third-order valence-electron chi connectivity index (χ3n) is 2.23. The van der Waals surface area contributed by atoms with Crippen molar-refractivity contribution in [3.8, 4) is 0 Å². The van der Waals surface area contributed by atoms with Crippen LogP contribution in [-0.4, -0.2) is 42.7 Å². The summed E-state index contributed by atoms with van der Waals surface area (Å²) in [5.74, 6) is 0.492. The molecule has 1 N–H and O–H groups in total. The Morgan fingerprint density at radius 1 is 1.31 bits per heavy atom. The van der Waals surface area contributed by atoms with Crippen LogP contribution in [0.4, 0.5) is 0 Å². The Kier molecular flexibility index (Phi) is 9.00. The Morgan fingerprint density at radius 3 is 2.50 bits per heavy atom. The Bertz CT molecular complexity index is 222. The zero-order chi connectivity index (χ0) is 12.4. The van der Waals surface area contributed by atoms with Crippen LogP contribution in [0.3, 0.4) is 0 Å². The summed E-state index contributed by atoms with van der Waals surface area (Å²) in [6.45, 7) is 2.78. The van der Waals surface area contributed by atoms with E-state index in [-0.39, 0.29) is 18.4 Å². The van der Waals surface area contributed by atoms with Gasteiger partial charge in [-0.25, -0.2) is 0 Å². The van der Waals surface area contributed by atoms with Gasteiger partial charge < -0.3 is 10.2 Å². The molecule has 0 bridgehead atoms. The molecule has 0 fully saturated rings. The summed E-state index contributed by atoms with van der Waals surface area (Å²) in [7, 11) is 1.57. The van der Waals surface area contributed by atoms with Crippen LogP contribution in [0.2, 0.25) is 0 Å². The minimum atomic E-state index is -0.126. The van der Waals surface area contributed by atoms with Gasteiger partial charge in [0.15, 0.2) is 0 Å². The number of hydrogen-bond acceptors (Lipinski definition) is 2. The van der Waals surface area contributed by atoms with Gasteiger partial charge >= 0.3 is 0 Å². The number of rotatable bonds is 8. The fourth-order valence-electron chi connectivity index (χ4n) is 1.34. The molecule has 0 heterocycles. The number of nitrogens with zero attached hydrogens (tertiary/aromatic N) is 1. The van der Waals surface area contributed by atoms with E-state index in [2.05, 4.69) is 5.32 Å². The Balaban J connectivity index is 4.07. The molecular formula is C11H21ClN2O2. The van der Waals surface area contributed by atoms with Crippen molar-refractivity contribution in [2.75, 3.05) is 26.0 Å². The van der Waals surface area contributed by atoms with Crippen molar-refractivity contribution >= 4 is 23.4 Å². The number of halogens is 1. The zero-order valence-corrected chi connectivity index (χ0v) is 10.8. The number of hydrogen-bond donors (Lipinski definition) is 1. The first kappa shape index (κ1) is 15.2. The normalized spacial score (nSPS) is 9.94. The maximum absolute atomic E-state index is 11.8. The Labute approximate surface area is 102 Å². The molecule has 16 heavy (non-hydrogen) atoms. The second-order valence-electron chi connectivity index (χ2n) is 3.63. The van der Waals surface area contributed by atoms with Gasteiger partial charge in [-0.05, 0) is 19.3 Å². The molecule has 0 spiro atoms. The van der Waals surface area contributed by atoms with Crippen LogP contribution in [0.15, 0.2) is 0 Å². The maximum Gasteiger partial charge on any atom is 0.239 e. The van der Waals surface area contributed by atoms with E-state index >= 15 is 0 Å². The van der Waals surface area contributed by atoms with Crippen LogP contribution in [0.25, 0.3) is 0 Å². The van der Waals surface area contributed by atoms with Gasteiger partial charge in [0.1, 0.15) is 0 Å². The van der Waals surface area contributed by atoms with Crippen molar-refractivity contribution in [3.05, 3.63) is 0 Å². The fraction of sp³-hybridized carbons (Fsp3) is 0.818. The van der Waals surface area contributed by atoms with Crippen molar-refractivity contribution in [1.29, 1.82) is 0 Å². The molecule has 0 aliphatic heterocycles. The highest BCUT2D eigenvalue weighted by atomic mass is 35.5. The lowest BCUT2D eigenvalue weighted by atomic mass is 10.2. The van der Waals surface area contributed by atoms with Crippen molar-refractivity contribution < 1.29 is 9.59 Å². The molecule has 0 aliphatic rings. The molecule has 0 aliphatic carbocycles. The molecular weight excluding hydrogens is 228 g/mol. The molecule has 5 heteroatoms. The second kappa shape index (κ2) is 9.46. The number of alkyl halides is 1.